The van der Waals surface area contributed by atoms with Crippen molar-refractivity contribution in [2.75, 3.05) is 11.9 Å². The molecule has 0 aliphatic carbocycles. The van der Waals surface area contributed by atoms with Gasteiger partial charge < -0.3 is 14.7 Å². The second-order valence-corrected chi connectivity index (χ2v) is 5.95. The summed E-state index contributed by atoms with van der Waals surface area (Å²) >= 11 is 0. The van der Waals surface area contributed by atoms with Gasteiger partial charge in [-0.25, -0.2) is 9.97 Å². The summed E-state index contributed by atoms with van der Waals surface area (Å²) in [5.41, 5.74) is 3.11. The maximum absolute atomic E-state index is 5.20. The first-order valence-electron chi connectivity index (χ1n) is 8.28. The average molecular weight is 337 g/mol. The summed E-state index contributed by atoms with van der Waals surface area (Å²) < 4.78 is 5.20. The number of anilines is 1. The Labute approximate surface area is 145 Å². The molecule has 128 valence electrons. The van der Waals surface area contributed by atoms with Gasteiger partial charge in [0.2, 0.25) is 5.89 Å². The normalized spacial score (nSPS) is 13.0. The second kappa shape index (κ2) is 6.56. The third-order valence-electron chi connectivity index (χ3n) is 4.16. The zero-order chi connectivity index (χ0) is 17.2. The van der Waals surface area contributed by atoms with Crippen molar-refractivity contribution < 1.29 is 4.52 Å². The number of pyridine rings is 1. The lowest BCUT2D eigenvalue weighted by Crippen LogP contribution is -2.21. The van der Waals surface area contributed by atoms with Crippen molar-refractivity contribution in [2.24, 2.45) is 0 Å². The summed E-state index contributed by atoms with van der Waals surface area (Å²) in [5, 5.41) is 7.38. The van der Waals surface area contributed by atoms with Crippen LogP contribution in [0.1, 0.15) is 29.9 Å². The van der Waals surface area contributed by atoms with E-state index in [0.29, 0.717) is 24.1 Å². The number of nitrogens with one attached hydrogen (secondary N) is 1. The van der Waals surface area contributed by atoms with Crippen LogP contribution in [0.5, 0.6) is 0 Å². The fraction of sp³-hybridized carbons (Fsp3) is 0.353. The Balaban J connectivity index is 1.69. The van der Waals surface area contributed by atoms with Crippen LogP contribution >= 0.6 is 0 Å². The molecule has 0 saturated heterocycles. The minimum Gasteiger partial charge on any atom is -0.352 e. The van der Waals surface area contributed by atoms with Gasteiger partial charge in [0.15, 0.2) is 11.6 Å². The smallest absolute Gasteiger partial charge is 0.226 e. The lowest BCUT2D eigenvalue weighted by atomic mass is 10.2. The van der Waals surface area contributed by atoms with E-state index >= 15 is 0 Å². The fourth-order valence-corrected chi connectivity index (χ4v) is 2.88. The SMILES string of the molecule is CCc1nc(CN(C)c2nc(-c3ccncc3)nc3c2CNC3)no1. The number of aryl methyl sites for hydroxylation is 1. The monoisotopic (exact) mass is 337 g/mol. The Morgan fingerprint density at radius 3 is 2.76 bits per heavy atom. The number of fused-ring (bicyclic) bond motifs is 1. The molecule has 1 aliphatic rings. The predicted octanol–water partition coefficient (Wildman–Crippen LogP) is 1.72. The van der Waals surface area contributed by atoms with E-state index in [9.17, 15) is 0 Å². The summed E-state index contributed by atoms with van der Waals surface area (Å²) in [4.78, 5) is 20.0. The van der Waals surface area contributed by atoms with Gasteiger partial charge in [0.05, 0.1) is 12.2 Å². The first-order valence-corrected chi connectivity index (χ1v) is 8.28. The molecule has 0 saturated carbocycles. The Morgan fingerprint density at radius 1 is 1.16 bits per heavy atom. The van der Waals surface area contributed by atoms with Crippen LogP contribution in [-0.4, -0.2) is 32.1 Å². The third-order valence-corrected chi connectivity index (χ3v) is 4.16. The lowest BCUT2D eigenvalue weighted by Gasteiger charge is -2.20. The zero-order valence-corrected chi connectivity index (χ0v) is 14.2. The summed E-state index contributed by atoms with van der Waals surface area (Å²) in [6.45, 7) is 4.03. The Hall–Kier alpha value is -2.87. The highest BCUT2D eigenvalue weighted by Gasteiger charge is 2.22. The van der Waals surface area contributed by atoms with Crippen molar-refractivity contribution in [2.45, 2.75) is 33.0 Å². The van der Waals surface area contributed by atoms with Crippen molar-refractivity contribution >= 4 is 5.82 Å². The topological polar surface area (TPSA) is 92.9 Å². The van der Waals surface area contributed by atoms with E-state index in [4.69, 9.17) is 14.5 Å². The molecule has 4 rings (SSSR count). The van der Waals surface area contributed by atoms with E-state index in [2.05, 4.69) is 20.4 Å². The van der Waals surface area contributed by atoms with Crippen molar-refractivity contribution in [1.29, 1.82) is 0 Å². The molecule has 1 aliphatic heterocycles. The molecule has 0 fully saturated rings. The minimum absolute atomic E-state index is 0.530. The van der Waals surface area contributed by atoms with Crippen molar-refractivity contribution in [3.63, 3.8) is 0 Å². The van der Waals surface area contributed by atoms with Crippen LogP contribution in [0.4, 0.5) is 5.82 Å². The molecule has 0 spiro atoms. The van der Waals surface area contributed by atoms with E-state index in [1.54, 1.807) is 12.4 Å². The average Bonchev–Trinajstić information content (AvgIpc) is 3.30. The molecule has 1 N–H and O–H groups in total. The minimum atomic E-state index is 0.530. The zero-order valence-electron chi connectivity index (χ0n) is 14.2. The van der Waals surface area contributed by atoms with Crippen LogP contribution in [0.15, 0.2) is 29.0 Å². The van der Waals surface area contributed by atoms with Crippen molar-refractivity contribution in [1.82, 2.24) is 30.4 Å². The molecular formula is C17H19N7O. The largest absolute Gasteiger partial charge is 0.352 e. The van der Waals surface area contributed by atoms with E-state index in [-0.39, 0.29) is 0 Å². The predicted molar refractivity (Wildman–Crippen MR) is 91.6 cm³/mol. The van der Waals surface area contributed by atoms with Gasteiger partial charge in [-0.2, -0.15) is 4.98 Å². The standard InChI is InChI=1S/C17H19N7O/c1-3-15-21-14(23-25-15)10-24(2)17-12-8-19-9-13(12)20-16(22-17)11-4-6-18-7-5-11/h4-7,19H,3,8-10H2,1-2H3. The summed E-state index contributed by atoms with van der Waals surface area (Å²) in [6.07, 6.45) is 4.23. The van der Waals surface area contributed by atoms with Crippen LogP contribution in [0.2, 0.25) is 0 Å². The second-order valence-electron chi connectivity index (χ2n) is 5.95. The van der Waals surface area contributed by atoms with Crippen LogP contribution in [0.25, 0.3) is 11.4 Å². The van der Waals surface area contributed by atoms with Gasteiger partial charge in [-0.15, -0.1) is 0 Å². The molecule has 8 nitrogen and oxygen atoms in total. The molecule has 0 unspecified atom stereocenters. The van der Waals surface area contributed by atoms with E-state index in [0.717, 1.165) is 42.1 Å². The number of hydrogen-bond donors (Lipinski definition) is 1. The molecule has 25 heavy (non-hydrogen) atoms. The lowest BCUT2D eigenvalue weighted by molar-refractivity contribution is 0.376. The van der Waals surface area contributed by atoms with Gasteiger partial charge in [-0.05, 0) is 12.1 Å². The van der Waals surface area contributed by atoms with E-state index < -0.39 is 0 Å². The molecule has 0 amide bonds. The highest BCUT2D eigenvalue weighted by molar-refractivity contribution is 5.60. The van der Waals surface area contributed by atoms with Gasteiger partial charge in [0.25, 0.3) is 0 Å². The van der Waals surface area contributed by atoms with Crippen LogP contribution < -0.4 is 10.2 Å². The fourth-order valence-electron chi connectivity index (χ4n) is 2.88. The molecule has 4 heterocycles. The van der Waals surface area contributed by atoms with Gasteiger partial charge in [0, 0.05) is 50.1 Å². The van der Waals surface area contributed by atoms with Gasteiger partial charge in [0.1, 0.15) is 5.82 Å². The third kappa shape index (κ3) is 3.08. The van der Waals surface area contributed by atoms with Crippen LogP contribution in [0, 0.1) is 0 Å². The highest BCUT2D eigenvalue weighted by Crippen LogP contribution is 2.28. The van der Waals surface area contributed by atoms with E-state index in [1.807, 2.05) is 31.0 Å². The Bertz CT molecular complexity index is 878. The quantitative estimate of drug-likeness (QED) is 0.752. The molecule has 0 aromatic carbocycles. The van der Waals surface area contributed by atoms with Gasteiger partial charge >= 0.3 is 0 Å². The number of hydrogen-bond acceptors (Lipinski definition) is 8. The van der Waals surface area contributed by atoms with Crippen molar-refractivity contribution in [3.05, 3.63) is 47.5 Å². The molecular weight excluding hydrogens is 318 g/mol. The summed E-state index contributed by atoms with van der Waals surface area (Å²) in [6, 6.07) is 3.83. The van der Waals surface area contributed by atoms with Gasteiger partial charge in [-0.3, -0.25) is 4.98 Å². The van der Waals surface area contributed by atoms with Crippen LogP contribution in [-0.2, 0) is 26.1 Å². The highest BCUT2D eigenvalue weighted by atomic mass is 16.5. The van der Waals surface area contributed by atoms with Crippen LogP contribution in [0.3, 0.4) is 0 Å². The van der Waals surface area contributed by atoms with Crippen molar-refractivity contribution in [3.8, 4) is 11.4 Å². The Morgan fingerprint density at radius 2 is 2.00 bits per heavy atom. The maximum Gasteiger partial charge on any atom is 0.226 e. The first-order chi connectivity index (χ1) is 12.2. The molecule has 3 aromatic rings. The maximum atomic E-state index is 5.20. The summed E-state index contributed by atoms with van der Waals surface area (Å²) in [5.74, 6) is 2.90. The molecule has 0 atom stereocenters. The number of nitrogens with zero attached hydrogens (tertiary/aromatic N) is 6. The molecule has 3 aromatic heterocycles. The first kappa shape index (κ1) is 15.6. The van der Waals surface area contributed by atoms with Gasteiger partial charge in [-0.1, -0.05) is 12.1 Å². The Kier molecular flexibility index (Phi) is 4.10. The molecule has 0 bridgehead atoms. The van der Waals surface area contributed by atoms with E-state index in [1.165, 1.54) is 0 Å². The number of rotatable bonds is 5. The number of aromatic nitrogens is 5. The molecule has 8 heteroatoms. The summed E-state index contributed by atoms with van der Waals surface area (Å²) in [7, 11) is 1.99. The molecule has 0 radical (unpaired) electrons.